The first-order valence-corrected chi connectivity index (χ1v) is 8.14. The van der Waals surface area contributed by atoms with Gasteiger partial charge in [-0.05, 0) is 29.8 Å². The number of hydrazine groups is 1. The molecule has 26 heavy (non-hydrogen) atoms. The number of nitrogens with one attached hydrogen (secondary N) is 2. The summed E-state index contributed by atoms with van der Waals surface area (Å²) in [4.78, 5) is 37.6. The van der Waals surface area contributed by atoms with E-state index in [9.17, 15) is 18.8 Å². The van der Waals surface area contributed by atoms with E-state index in [0.717, 1.165) is 0 Å². The monoisotopic (exact) mass is 359 g/mol. The van der Waals surface area contributed by atoms with Crippen molar-refractivity contribution in [1.82, 2.24) is 15.8 Å². The van der Waals surface area contributed by atoms with E-state index in [2.05, 4.69) is 10.9 Å². The number of amides is 3. The van der Waals surface area contributed by atoms with Crippen LogP contribution >= 0.6 is 0 Å². The zero-order chi connectivity index (χ0) is 18.5. The van der Waals surface area contributed by atoms with Gasteiger partial charge in [0, 0.05) is 13.0 Å². The topological polar surface area (TPSA) is 91.7 Å². The number of halogens is 1. The van der Waals surface area contributed by atoms with Crippen LogP contribution in [-0.4, -0.2) is 29.2 Å². The fourth-order valence-electron chi connectivity index (χ4n) is 2.76. The van der Waals surface area contributed by atoms with Crippen molar-refractivity contribution in [3.8, 4) is 0 Å². The molecule has 1 aliphatic rings. The average Bonchev–Trinajstić information content (AvgIpc) is 3.25. The van der Waals surface area contributed by atoms with Gasteiger partial charge in [-0.2, -0.15) is 0 Å². The Morgan fingerprint density at radius 2 is 1.96 bits per heavy atom. The van der Waals surface area contributed by atoms with Gasteiger partial charge in [0.25, 0.3) is 0 Å². The maximum absolute atomic E-state index is 12.8. The summed E-state index contributed by atoms with van der Waals surface area (Å²) < 4.78 is 18.0. The first kappa shape index (κ1) is 17.7. The first-order chi connectivity index (χ1) is 12.5. The lowest BCUT2D eigenvalue weighted by Crippen LogP contribution is -2.45. The average molecular weight is 359 g/mol. The molecule has 2 heterocycles. The third-order valence-corrected chi connectivity index (χ3v) is 4.12. The highest BCUT2D eigenvalue weighted by Gasteiger charge is 2.34. The number of benzene rings is 1. The Balaban J connectivity index is 1.45. The van der Waals surface area contributed by atoms with Gasteiger partial charge in [0.1, 0.15) is 11.6 Å². The summed E-state index contributed by atoms with van der Waals surface area (Å²) in [6.07, 6.45) is 1.62. The summed E-state index contributed by atoms with van der Waals surface area (Å²) in [5.41, 5.74) is 5.28. The van der Waals surface area contributed by atoms with Crippen LogP contribution in [0.1, 0.15) is 17.7 Å². The molecule has 0 aliphatic carbocycles. The molecule has 1 atom stereocenters. The van der Waals surface area contributed by atoms with Gasteiger partial charge in [-0.15, -0.1) is 0 Å². The molecule has 1 aromatic heterocycles. The molecule has 136 valence electrons. The Labute approximate surface area is 149 Å². The molecule has 2 aromatic rings. The fourth-order valence-corrected chi connectivity index (χ4v) is 2.76. The highest BCUT2D eigenvalue weighted by Crippen LogP contribution is 2.20. The van der Waals surface area contributed by atoms with E-state index in [-0.39, 0.29) is 31.1 Å². The van der Waals surface area contributed by atoms with Crippen LogP contribution in [0.25, 0.3) is 0 Å². The van der Waals surface area contributed by atoms with Gasteiger partial charge in [-0.1, -0.05) is 12.1 Å². The molecule has 7 nitrogen and oxygen atoms in total. The minimum Gasteiger partial charge on any atom is -0.467 e. The third kappa shape index (κ3) is 4.47. The smallest absolute Gasteiger partial charge is 0.243 e. The van der Waals surface area contributed by atoms with E-state index < -0.39 is 17.7 Å². The van der Waals surface area contributed by atoms with Crippen molar-refractivity contribution in [2.75, 3.05) is 6.54 Å². The van der Waals surface area contributed by atoms with Crippen LogP contribution in [0.15, 0.2) is 47.1 Å². The quantitative estimate of drug-likeness (QED) is 0.784. The van der Waals surface area contributed by atoms with Gasteiger partial charge in [0.15, 0.2) is 0 Å². The Kier molecular flexibility index (Phi) is 5.31. The number of likely N-dealkylation sites (tertiary alicyclic amines) is 1. The van der Waals surface area contributed by atoms with Crippen molar-refractivity contribution >= 4 is 17.7 Å². The molecule has 1 aromatic carbocycles. The molecular formula is C18H18FN3O4. The Morgan fingerprint density at radius 1 is 1.19 bits per heavy atom. The third-order valence-electron chi connectivity index (χ3n) is 4.12. The second-order valence-electron chi connectivity index (χ2n) is 6.10. The van der Waals surface area contributed by atoms with Gasteiger partial charge >= 0.3 is 0 Å². The maximum atomic E-state index is 12.8. The van der Waals surface area contributed by atoms with Crippen molar-refractivity contribution in [2.45, 2.75) is 19.4 Å². The van der Waals surface area contributed by atoms with E-state index in [0.29, 0.717) is 17.9 Å². The highest BCUT2D eigenvalue weighted by molar-refractivity contribution is 5.90. The molecule has 0 radical (unpaired) electrons. The molecule has 3 amide bonds. The number of hydrogen-bond donors (Lipinski definition) is 2. The molecule has 3 rings (SSSR count). The van der Waals surface area contributed by atoms with Gasteiger partial charge in [-0.3, -0.25) is 25.2 Å². The van der Waals surface area contributed by atoms with Gasteiger partial charge in [0.2, 0.25) is 17.7 Å². The minimum atomic E-state index is -0.538. The molecular weight excluding hydrogens is 341 g/mol. The SMILES string of the molecule is O=C(Cc1ccc(F)cc1)NNC(=O)C1CC(=O)N(Cc2ccco2)C1. The molecule has 1 unspecified atom stereocenters. The second-order valence-corrected chi connectivity index (χ2v) is 6.10. The molecule has 8 heteroatoms. The molecule has 2 N–H and O–H groups in total. The number of rotatable bonds is 5. The summed E-state index contributed by atoms with van der Waals surface area (Å²) in [7, 11) is 0. The molecule has 0 bridgehead atoms. The van der Waals surface area contributed by atoms with E-state index in [1.165, 1.54) is 30.5 Å². The van der Waals surface area contributed by atoms with Crippen molar-refractivity contribution in [3.05, 3.63) is 59.8 Å². The van der Waals surface area contributed by atoms with E-state index in [1.54, 1.807) is 17.0 Å². The number of furan rings is 1. The fraction of sp³-hybridized carbons (Fsp3) is 0.278. The number of hydrogen-bond acceptors (Lipinski definition) is 4. The minimum absolute atomic E-state index is 0.00871. The van der Waals surface area contributed by atoms with Gasteiger partial charge in [0.05, 0.1) is 25.1 Å². The van der Waals surface area contributed by atoms with Gasteiger partial charge in [-0.25, -0.2) is 4.39 Å². The summed E-state index contributed by atoms with van der Waals surface area (Å²) in [5, 5.41) is 0. The van der Waals surface area contributed by atoms with Crippen molar-refractivity contribution < 1.29 is 23.2 Å². The summed E-state index contributed by atoms with van der Waals surface area (Å²) in [6, 6.07) is 9.02. The highest BCUT2D eigenvalue weighted by atomic mass is 19.1. The second kappa shape index (κ2) is 7.81. The van der Waals surface area contributed by atoms with Crippen molar-refractivity contribution in [3.63, 3.8) is 0 Å². The zero-order valence-corrected chi connectivity index (χ0v) is 13.9. The van der Waals surface area contributed by atoms with Crippen LogP contribution < -0.4 is 10.9 Å². The predicted octanol–water partition coefficient (Wildman–Crippen LogP) is 1.16. The normalized spacial score (nSPS) is 16.6. The van der Waals surface area contributed by atoms with Gasteiger partial charge < -0.3 is 9.32 Å². The van der Waals surface area contributed by atoms with Crippen LogP contribution in [0.2, 0.25) is 0 Å². The first-order valence-electron chi connectivity index (χ1n) is 8.14. The van der Waals surface area contributed by atoms with Crippen LogP contribution in [0, 0.1) is 11.7 Å². The molecule has 0 saturated carbocycles. The molecule has 1 fully saturated rings. The number of carbonyl (C=O) groups is 3. The lowest BCUT2D eigenvalue weighted by molar-refractivity contribution is -0.131. The van der Waals surface area contributed by atoms with E-state index >= 15 is 0 Å². The van der Waals surface area contributed by atoms with Crippen molar-refractivity contribution in [1.29, 1.82) is 0 Å². The Morgan fingerprint density at radius 3 is 2.65 bits per heavy atom. The number of carbonyl (C=O) groups excluding carboxylic acids is 3. The standard InChI is InChI=1S/C18H18FN3O4/c19-14-5-3-12(4-6-14)8-16(23)20-21-18(25)13-9-17(24)22(10-13)11-15-2-1-7-26-15/h1-7,13H,8-11H2,(H,20,23)(H,21,25). The Hall–Kier alpha value is -3.16. The van der Waals surface area contributed by atoms with E-state index in [1.807, 2.05) is 0 Å². The molecule has 1 saturated heterocycles. The maximum Gasteiger partial charge on any atom is 0.243 e. The zero-order valence-electron chi connectivity index (χ0n) is 13.9. The number of nitrogens with zero attached hydrogens (tertiary/aromatic N) is 1. The summed E-state index contributed by atoms with van der Waals surface area (Å²) >= 11 is 0. The molecule has 0 spiro atoms. The van der Waals surface area contributed by atoms with Crippen LogP contribution in [0.3, 0.4) is 0 Å². The van der Waals surface area contributed by atoms with Crippen LogP contribution in [0.5, 0.6) is 0 Å². The van der Waals surface area contributed by atoms with Crippen molar-refractivity contribution in [2.24, 2.45) is 5.92 Å². The largest absolute Gasteiger partial charge is 0.467 e. The lowest BCUT2D eigenvalue weighted by atomic mass is 10.1. The van der Waals surface area contributed by atoms with Crippen LogP contribution in [0.4, 0.5) is 4.39 Å². The lowest BCUT2D eigenvalue weighted by Gasteiger charge is -2.15. The predicted molar refractivity (Wildman–Crippen MR) is 88.6 cm³/mol. The summed E-state index contributed by atoms with van der Waals surface area (Å²) in [5.74, 6) is -1.27. The molecule has 1 aliphatic heterocycles. The van der Waals surface area contributed by atoms with E-state index in [4.69, 9.17) is 4.42 Å². The summed E-state index contributed by atoms with van der Waals surface area (Å²) in [6.45, 7) is 0.575. The van der Waals surface area contributed by atoms with Crippen LogP contribution in [-0.2, 0) is 27.3 Å². The Bertz CT molecular complexity index is 789.